The van der Waals surface area contributed by atoms with Crippen molar-refractivity contribution in [1.82, 2.24) is 0 Å². The Morgan fingerprint density at radius 2 is 0.677 bits per heavy atom. The molecule has 6 heteroatoms. The molecule has 0 aliphatic carbocycles. The molecule has 6 aromatic rings. The van der Waals surface area contributed by atoms with Crippen molar-refractivity contribution >= 4 is 68.0 Å². The van der Waals surface area contributed by atoms with Gasteiger partial charge in [-0.2, -0.15) is 0 Å². The lowest BCUT2D eigenvalue weighted by Gasteiger charge is -2.31. The second kappa shape index (κ2) is 18.5. The molecule has 6 aromatic heterocycles. The first-order valence-corrected chi connectivity index (χ1v) is 29.5. The summed E-state index contributed by atoms with van der Waals surface area (Å²) < 4.78 is 0. The summed E-state index contributed by atoms with van der Waals surface area (Å²) in [4.78, 5) is 17.7. The summed E-state index contributed by atoms with van der Waals surface area (Å²) in [7, 11) is 0. The van der Waals surface area contributed by atoms with E-state index in [0.29, 0.717) is 5.92 Å². The van der Waals surface area contributed by atoms with Gasteiger partial charge in [-0.15, -0.1) is 68.0 Å². The standard InChI is InChI=1S/C59H84S6/c1-22-33-53(8,9)41-26-29-45(61-41)57(16,17)49-36-38(50(65-49)58(18,19)46-30-27-42(62-46)54(10,11)34-23-2)39-35-48(56(14,15)44-28-25-40(60-44)52(5,6)7)64-51(39)59(20,21)47-32-31-43(63-47)55(12,13)37(4)24-3/h25-32,35-37H,22-24,33-34H2,1-21H3. The maximum Gasteiger partial charge on any atom is 0.0340 e. The van der Waals surface area contributed by atoms with Crippen molar-refractivity contribution in [3.05, 3.63) is 119 Å². The van der Waals surface area contributed by atoms with Gasteiger partial charge < -0.3 is 0 Å². The third kappa shape index (κ3) is 9.99. The van der Waals surface area contributed by atoms with Crippen molar-refractivity contribution in [3.63, 3.8) is 0 Å². The van der Waals surface area contributed by atoms with Crippen LogP contribution in [0.5, 0.6) is 0 Å². The van der Waals surface area contributed by atoms with Crippen molar-refractivity contribution in [2.24, 2.45) is 5.92 Å². The minimum atomic E-state index is -0.207. The van der Waals surface area contributed by atoms with E-state index in [4.69, 9.17) is 0 Å². The number of thiophene rings is 6. The number of rotatable bonds is 18. The van der Waals surface area contributed by atoms with Crippen molar-refractivity contribution < 1.29 is 0 Å². The van der Waals surface area contributed by atoms with Gasteiger partial charge in [0.25, 0.3) is 0 Å². The molecule has 65 heavy (non-hydrogen) atoms. The Bertz CT molecular complexity index is 2540. The molecule has 0 saturated heterocycles. The fourth-order valence-electron chi connectivity index (χ4n) is 9.61. The van der Waals surface area contributed by atoms with E-state index in [-0.39, 0.29) is 43.3 Å². The zero-order valence-electron chi connectivity index (χ0n) is 44.3. The summed E-state index contributed by atoms with van der Waals surface area (Å²) >= 11 is 12.3. The Labute approximate surface area is 421 Å². The average Bonchev–Trinajstić information content (AvgIpc) is 4.07. The van der Waals surface area contributed by atoms with Crippen LogP contribution in [0.15, 0.2) is 60.7 Å². The lowest BCUT2D eigenvalue weighted by molar-refractivity contribution is 0.341. The predicted octanol–water partition coefficient (Wildman–Crippen LogP) is 20.8. The molecule has 0 aromatic carbocycles. The minimum Gasteiger partial charge on any atom is -0.144 e. The summed E-state index contributed by atoms with van der Waals surface area (Å²) in [5.41, 5.74) is 2.71. The Balaban J connectivity index is 1.64. The summed E-state index contributed by atoms with van der Waals surface area (Å²) in [5.74, 6) is 0.602. The molecule has 356 valence electrons. The van der Waals surface area contributed by atoms with Crippen molar-refractivity contribution in [2.75, 3.05) is 0 Å². The first kappa shape index (κ1) is 52.6. The largest absolute Gasteiger partial charge is 0.144 e. The van der Waals surface area contributed by atoms with Gasteiger partial charge in [-0.25, -0.2) is 0 Å². The lowest BCUT2D eigenvalue weighted by atomic mass is 9.77. The summed E-state index contributed by atoms with van der Waals surface area (Å²) in [6.45, 7) is 51.1. The zero-order chi connectivity index (χ0) is 48.5. The molecule has 0 aliphatic heterocycles. The van der Waals surface area contributed by atoms with E-state index in [1.165, 1.54) is 102 Å². The zero-order valence-corrected chi connectivity index (χ0v) is 49.2. The van der Waals surface area contributed by atoms with Crippen molar-refractivity contribution in [3.8, 4) is 11.1 Å². The van der Waals surface area contributed by atoms with Crippen LogP contribution in [0.2, 0.25) is 0 Å². The van der Waals surface area contributed by atoms with E-state index < -0.39 is 0 Å². The van der Waals surface area contributed by atoms with Gasteiger partial charge >= 0.3 is 0 Å². The normalized spacial score (nSPS) is 14.5. The molecule has 0 N–H and O–H groups in total. The number of hydrogen-bond acceptors (Lipinski definition) is 6. The van der Waals surface area contributed by atoms with Crippen molar-refractivity contribution in [2.45, 2.75) is 221 Å². The Morgan fingerprint density at radius 3 is 1.02 bits per heavy atom. The Morgan fingerprint density at radius 1 is 0.369 bits per heavy atom. The Kier molecular flexibility index (Phi) is 15.0. The van der Waals surface area contributed by atoms with E-state index in [1.54, 1.807) is 0 Å². The SMILES string of the molecule is CCCC(C)(C)c1ccc(C(C)(C)c2cc(-c3cc(C(C)(C)c4ccc(C(C)(C)C)s4)sc3C(C)(C)c3ccc(C(C)(C)C(C)CC)s3)c(C(C)(C)c3ccc(C(C)(C)CCC)s3)s2)s1. The molecule has 0 bridgehead atoms. The summed E-state index contributed by atoms with van der Waals surface area (Å²) in [6.07, 6.45) is 5.96. The van der Waals surface area contributed by atoms with Crippen LogP contribution >= 0.6 is 68.0 Å². The quantitative estimate of drug-likeness (QED) is 0.0805. The van der Waals surface area contributed by atoms with Gasteiger partial charge in [-0.3, -0.25) is 0 Å². The van der Waals surface area contributed by atoms with Crippen LogP contribution in [0.25, 0.3) is 11.1 Å². The molecule has 1 unspecified atom stereocenters. The summed E-state index contributed by atoms with van der Waals surface area (Å²) in [6, 6.07) is 24.8. The first-order valence-electron chi connectivity index (χ1n) is 24.6. The topological polar surface area (TPSA) is 0 Å². The highest BCUT2D eigenvalue weighted by molar-refractivity contribution is 7.16. The van der Waals surface area contributed by atoms with E-state index in [1.807, 2.05) is 22.7 Å². The highest BCUT2D eigenvalue weighted by atomic mass is 32.1. The minimum absolute atomic E-state index is 0.118. The monoisotopic (exact) mass is 984 g/mol. The Hall–Kier alpha value is -1.80. The fourth-order valence-corrected chi connectivity index (χ4v) is 17.7. The molecule has 0 aliphatic rings. The fraction of sp³-hybridized carbons (Fsp3) is 0.593. The second-order valence-electron chi connectivity index (χ2n) is 24.4. The molecular weight excluding hydrogens is 901 g/mol. The summed E-state index contributed by atoms with van der Waals surface area (Å²) in [5, 5.41) is 0. The van der Waals surface area contributed by atoms with Gasteiger partial charge in [0.2, 0.25) is 0 Å². The van der Waals surface area contributed by atoms with Gasteiger partial charge in [0, 0.05) is 85.6 Å². The lowest BCUT2D eigenvalue weighted by Crippen LogP contribution is -2.24. The van der Waals surface area contributed by atoms with Crippen LogP contribution in [-0.2, 0) is 43.3 Å². The molecule has 0 amide bonds. The molecule has 0 radical (unpaired) electrons. The predicted molar refractivity (Wildman–Crippen MR) is 300 cm³/mol. The van der Waals surface area contributed by atoms with Crippen LogP contribution < -0.4 is 0 Å². The van der Waals surface area contributed by atoms with Crippen LogP contribution in [0.3, 0.4) is 0 Å². The third-order valence-electron chi connectivity index (χ3n) is 15.3. The van der Waals surface area contributed by atoms with E-state index in [2.05, 4.69) is 251 Å². The molecule has 0 fully saturated rings. The molecule has 6 rings (SSSR count). The van der Waals surface area contributed by atoms with Crippen LogP contribution in [-0.4, -0.2) is 0 Å². The van der Waals surface area contributed by atoms with Crippen LogP contribution in [0, 0.1) is 5.92 Å². The average molecular weight is 986 g/mol. The third-order valence-corrected chi connectivity index (χ3v) is 26.0. The molecule has 0 saturated carbocycles. The van der Waals surface area contributed by atoms with Gasteiger partial charge in [0.15, 0.2) is 0 Å². The highest BCUT2D eigenvalue weighted by Gasteiger charge is 2.41. The van der Waals surface area contributed by atoms with Gasteiger partial charge in [-0.05, 0) is 107 Å². The number of hydrogen-bond donors (Lipinski definition) is 0. The molecule has 6 heterocycles. The van der Waals surface area contributed by atoms with Crippen molar-refractivity contribution in [1.29, 1.82) is 0 Å². The van der Waals surface area contributed by atoms with E-state index >= 15 is 0 Å². The van der Waals surface area contributed by atoms with Gasteiger partial charge in [-0.1, -0.05) is 165 Å². The molecule has 1 atom stereocenters. The van der Waals surface area contributed by atoms with Crippen LogP contribution in [0.4, 0.5) is 0 Å². The first-order chi connectivity index (χ1) is 29.9. The second-order valence-corrected chi connectivity index (χ2v) is 30.9. The smallest absolute Gasteiger partial charge is 0.0340 e. The van der Waals surface area contributed by atoms with Gasteiger partial charge in [0.05, 0.1) is 0 Å². The highest BCUT2D eigenvalue weighted by Crippen LogP contribution is 2.56. The maximum atomic E-state index is 2.65. The molecule has 0 spiro atoms. The van der Waals surface area contributed by atoms with Gasteiger partial charge in [0.1, 0.15) is 0 Å². The van der Waals surface area contributed by atoms with E-state index in [0.717, 1.165) is 0 Å². The maximum absolute atomic E-state index is 2.65. The molecular formula is C59H84S6. The van der Waals surface area contributed by atoms with E-state index in [9.17, 15) is 0 Å². The van der Waals surface area contributed by atoms with Crippen LogP contribution in [0.1, 0.15) is 236 Å². The molecule has 0 nitrogen and oxygen atoms in total.